The molecule has 1 aromatic heterocycles. The zero-order valence-electron chi connectivity index (χ0n) is 11.0. The summed E-state index contributed by atoms with van der Waals surface area (Å²) >= 11 is 1.37. The van der Waals surface area contributed by atoms with Crippen molar-refractivity contribution in [3.05, 3.63) is 22.4 Å². The molecule has 0 bridgehead atoms. The summed E-state index contributed by atoms with van der Waals surface area (Å²) in [7, 11) is 0. The van der Waals surface area contributed by atoms with Crippen molar-refractivity contribution in [1.82, 2.24) is 10.2 Å². The molecule has 3 N–H and O–H groups in total. The van der Waals surface area contributed by atoms with E-state index in [9.17, 15) is 9.59 Å². The van der Waals surface area contributed by atoms with Crippen LogP contribution in [0.2, 0.25) is 0 Å². The number of hydrogen-bond donors (Lipinski definition) is 2. The second-order valence-electron chi connectivity index (χ2n) is 4.84. The minimum absolute atomic E-state index is 0.0307. The van der Waals surface area contributed by atoms with Crippen LogP contribution in [0.25, 0.3) is 0 Å². The van der Waals surface area contributed by atoms with E-state index in [1.807, 2.05) is 11.4 Å². The molecule has 0 spiro atoms. The molecule has 2 rings (SSSR count). The Kier molecular flexibility index (Phi) is 4.55. The summed E-state index contributed by atoms with van der Waals surface area (Å²) in [5, 5.41) is 4.58. The van der Waals surface area contributed by atoms with Gasteiger partial charge in [0.15, 0.2) is 0 Å². The van der Waals surface area contributed by atoms with Crippen LogP contribution in [0.1, 0.15) is 29.4 Å². The lowest BCUT2D eigenvalue weighted by Crippen LogP contribution is -2.50. The van der Waals surface area contributed by atoms with E-state index < -0.39 is 6.04 Å². The molecule has 1 atom stereocenters. The first-order valence-electron chi connectivity index (χ1n) is 6.46. The predicted molar refractivity (Wildman–Crippen MR) is 75.0 cm³/mol. The third kappa shape index (κ3) is 3.54. The monoisotopic (exact) mass is 281 g/mol. The molecule has 19 heavy (non-hydrogen) atoms. The van der Waals surface area contributed by atoms with Gasteiger partial charge in [-0.15, -0.1) is 11.3 Å². The Bertz CT molecular complexity index is 439. The second kappa shape index (κ2) is 6.16. The van der Waals surface area contributed by atoms with Gasteiger partial charge in [-0.3, -0.25) is 9.59 Å². The first-order valence-corrected chi connectivity index (χ1v) is 7.34. The minimum Gasteiger partial charge on any atom is -0.341 e. The summed E-state index contributed by atoms with van der Waals surface area (Å²) < 4.78 is 0. The zero-order chi connectivity index (χ0) is 13.8. The van der Waals surface area contributed by atoms with Crippen LogP contribution in [0.4, 0.5) is 0 Å². The fourth-order valence-corrected chi connectivity index (χ4v) is 2.76. The fourth-order valence-electron chi connectivity index (χ4n) is 2.13. The highest BCUT2D eigenvalue weighted by Crippen LogP contribution is 2.11. The highest BCUT2D eigenvalue weighted by Gasteiger charge is 2.25. The third-order valence-corrected chi connectivity index (χ3v) is 4.18. The van der Waals surface area contributed by atoms with Crippen molar-refractivity contribution in [2.45, 2.75) is 31.8 Å². The fraction of sp³-hybridized carbons (Fsp3) is 0.538. The van der Waals surface area contributed by atoms with Crippen molar-refractivity contribution in [3.63, 3.8) is 0 Å². The molecule has 2 heterocycles. The van der Waals surface area contributed by atoms with Gasteiger partial charge in [0.1, 0.15) is 6.04 Å². The molecule has 0 aromatic carbocycles. The van der Waals surface area contributed by atoms with E-state index in [1.54, 1.807) is 17.9 Å². The summed E-state index contributed by atoms with van der Waals surface area (Å²) in [6.07, 6.45) is 1.66. The average Bonchev–Trinajstić information content (AvgIpc) is 2.92. The minimum atomic E-state index is -0.496. The molecule has 0 saturated carbocycles. The average molecular weight is 281 g/mol. The van der Waals surface area contributed by atoms with Crippen LogP contribution in [-0.2, 0) is 4.79 Å². The number of carbonyl (C=O) groups is 2. The molecule has 1 fully saturated rings. The van der Waals surface area contributed by atoms with Gasteiger partial charge in [-0.25, -0.2) is 0 Å². The number of rotatable bonds is 3. The van der Waals surface area contributed by atoms with Crippen molar-refractivity contribution in [2.75, 3.05) is 13.1 Å². The Morgan fingerprint density at radius 2 is 2.16 bits per heavy atom. The van der Waals surface area contributed by atoms with Crippen molar-refractivity contribution >= 4 is 23.2 Å². The number of thiophene rings is 1. The first-order chi connectivity index (χ1) is 9.08. The van der Waals surface area contributed by atoms with Gasteiger partial charge >= 0.3 is 0 Å². The topological polar surface area (TPSA) is 75.4 Å². The lowest BCUT2D eigenvalue weighted by Gasteiger charge is -2.32. The molecule has 0 radical (unpaired) electrons. The number of hydrogen-bond acceptors (Lipinski definition) is 4. The van der Waals surface area contributed by atoms with Gasteiger partial charge in [0, 0.05) is 19.1 Å². The molecule has 6 heteroatoms. The highest BCUT2D eigenvalue weighted by atomic mass is 32.1. The van der Waals surface area contributed by atoms with Crippen LogP contribution in [-0.4, -0.2) is 41.9 Å². The molecule has 1 aliphatic rings. The Balaban J connectivity index is 1.87. The maximum atomic E-state index is 12.2. The largest absolute Gasteiger partial charge is 0.341 e. The normalized spacial score (nSPS) is 18.1. The summed E-state index contributed by atoms with van der Waals surface area (Å²) in [6.45, 7) is 3.08. The standard InChI is InChI=1S/C13H19N3O2S/c1-9(15-12(17)11-3-2-8-19-11)13(18)16-6-4-10(14)5-7-16/h2-3,8-10H,4-7,14H2,1H3,(H,15,17). The number of nitrogens with zero attached hydrogens (tertiary/aromatic N) is 1. The number of carbonyl (C=O) groups excluding carboxylic acids is 2. The third-order valence-electron chi connectivity index (χ3n) is 3.31. The predicted octanol–water partition coefficient (Wildman–Crippen LogP) is 0.816. The van der Waals surface area contributed by atoms with Crippen molar-refractivity contribution < 1.29 is 9.59 Å². The molecule has 0 aliphatic carbocycles. The Morgan fingerprint density at radius 1 is 1.47 bits per heavy atom. The van der Waals surface area contributed by atoms with Crippen molar-refractivity contribution in [1.29, 1.82) is 0 Å². The first kappa shape index (κ1) is 14.0. The molecule has 2 amide bonds. The maximum absolute atomic E-state index is 12.2. The van der Waals surface area contributed by atoms with E-state index in [0.29, 0.717) is 18.0 Å². The molecular weight excluding hydrogens is 262 g/mol. The van der Waals surface area contributed by atoms with Gasteiger partial charge in [0.05, 0.1) is 4.88 Å². The lowest BCUT2D eigenvalue weighted by atomic mass is 10.1. The second-order valence-corrected chi connectivity index (χ2v) is 5.78. The SMILES string of the molecule is CC(NC(=O)c1cccs1)C(=O)N1CCC(N)CC1. The Labute approximate surface area is 116 Å². The molecule has 1 saturated heterocycles. The van der Waals surface area contributed by atoms with Crippen LogP contribution in [0, 0.1) is 0 Å². The number of nitrogens with two attached hydrogens (primary N) is 1. The molecular formula is C13H19N3O2S. The summed E-state index contributed by atoms with van der Waals surface area (Å²) in [5.74, 6) is -0.221. The molecule has 104 valence electrons. The number of amides is 2. The smallest absolute Gasteiger partial charge is 0.261 e. The van der Waals surface area contributed by atoms with E-state index in [1.165, 1.54) is 11.3 Å². The van der Waals surface area contributed by atoms with Gasteiger partial charge < -0.3 is 16.0 Å². The number of nitrogens with one attached hydrogen (secondary N) is 1. The number of piperidine rings is 1. The molecule has 5 nitrogen and oxygen atoms in total. The summed E-state index contributed by atoms with van der Waals surface area (Å²) in [5.41, 5.74) is 5.81. The van der Waals surface area contributed by atoms with E-state index in [0.717, 1.165) is 12.8 Å². The zero-order valence-corrected chi connectivity index (χ0v) is 11.8. The van der Waals surface area contributed by atoms with E-state index in [2.05, 4.69) is 5.32 Å². The van der Waals surface area contributed by atoms with Gasteiger partial charge in [-0.05, 0) is 31.2 Å². The maximum Gasteiger partial charge on any atom is 0.261 e. The van der Waals surface area contributed by atoms with Gasteiger partial charge in [-0.2, -0.15) is 0 Å². The Morgan fingerprint density at radius 3 is 2.74 bits per heavy atom. The van der Waals surface area contributed by atoms with E-state index in [4.69, 9.17) is 5.73 Å². The lowest BCUT2D eigenvalue weighted by molar-refractivity contribution is -0.133. The quantitative estimate of drug-likeness (QED) is 0.861. The number of likely N-dealkylation sites (tertiary alicyclic amines) is 1. The van der Waals surface area contributed by atoms with Crippen LogP contribution >= 0.6 is 11.3 Å². The van der Waals surface area contributed by atoms with Crippen LogP contribution in [0.5, 0.6) is 0 Å². The molecule has 1 aliphatic heterocycles. The van der Waals surface area contributed by atoms with E-state index in [-0.39, 0.29) is 17.9 Å². The van der Waals surface area contributed by atoms with Gasteiger partial charge in [0.25, 0.3) is 5.91 Å². The van der Waals surface area contributed by atoms with Crippen molar-refractivity contribution in [2.24, 2.45) is 5.73 Å². The molecule has 1 aromatic rings. The Hall–Kier alpha value is -1.40. The van der Waals surface area contributed by atoms with Crippen LogP contribution in [0.15, 0.2) is 17.5 Å². The van der Waals surface area contributed by atoms with Gasteiger partial charge in [-0.1, -0.05) is 6.07 Å². The van der Waals surface area contributed by atoms with Crippen molar-refractivity contribution in [3.8, 4) is 0 Å². The summed E-state index contributed by atoms with van der Waals surface area (Å²) in [6, 6.07) is 3.26. The molecule has 1 unspecified atom stereocenters. The van der Waals surface area contributed by atoms with Gasteiger partial charge in [0.2, 0.25) is 5.91 Å². The summed E-state index contributed by atoms with van der Waals surface area (Å²) in [4.78, 5) is 26.5. The van der Waals surface area contributed by atoms with Crippen LogP contribution in [0.3, 0.4) is 0 Å². The van der Waals surface area contributed by atoms with E-state index >= 15 is 0 Å². The van der Waals surface area contributed by atoms with Crippen LogP contribution < -0.4 is 11.1 Å². The highest BCUT2D eigenvalue weighted by molar-refractivity contribution is 7.12.